The number of anilines is 1. The van der Waals surface area contributed by atoms with Gasteiger partial charge in [0.1, 0.15) is 0 Å². The highest BCUT2D eigenvalue weighted by Gasteiger charge is 2.26. The first-order valence-corrected chi connectivity index (χ1v) is 18.0. The van der Waals surface area contributed by atoms with Crippen LogP contribution >= 0.6 is 0 Å². The Labute approximate surface area is 310 Å². The van der Waals surface area contributed by atoms with Gasteiger partial charge >= 0.3 is 0 Å². The van der Waals surface area contributed by atoms with Gasteiger partial charge in [0.25, 0.3) is 5.91 Å². The molecule has 0 spiro atoms. The van der Waals surface area contributed by atoms with Gasteiger partial charge in [-0.2, -0.15) is 0 Å². The lowest BCUT2D eigenvalue weighted by Crippen LogP contribution is -2.29. The fourth-order valence-corrected chi connectivity index (χ4v) is 7.90. The smallest absolute Gasteiger partial charge is 0.260 e. The van der Waals surface area contributed by atoms with Crippen molar-refractivity contribution in [3.63, 3.8) is 0 Å². The minimum Gasteiger partial charge on any atom is -0.311 e. The average molecular weight is 689 g/mol. The summed E-state index contributed by atoms with van der Waals surface area (Å²) in [6.07, 6.45) is 0.790. The van der Waals surface area contributed by atoms with Gasteiger partial charge in [0, 0.05) is 28.9 Å². The summed E-state index contributed by atoms with van der Waals surface area (Å²) in [7, 11) is 1.79. The molecule has 0 atom stereocenters. The molecule has 0 fully saturated rings. The van der Waals surface area contributed by atoms with Crippen molar-refractivity contribution in [2.24, 2.45) is 0 Å². The lowest BCUT2D eigenvalue weighted by atomic mass is 9.97. The van der Waals surface area contributed by atoms with Crippen LogP contribution in [0.3, 0.4) is 0 Å². The number of amides is 1. The van der Waals surface area contributed by atoms with E-state index >= 15 is 0 Å². The minimum absolute atomic E-state index is 0.264. The maximum Gasteiger partial charge on any atom is 0.260 e. The van der Waals surface area contributed by atoms with Crippen molar-refractivity contribution in [3.05, 3.63) is 179 Å². The Bertz CT molecular complexity index is 2570. The first-order chi connectivity index (χ1) is 25.7. The maximum atomic E-state index is 14.9. The molecule has 4 heteroatoms. The van der Waals surface area contributed by atoms with E-state index in [1.165, 1.54) is 22.3 Å². The van der Waals surface area contributed by atoms with Crippen LogP contribution in [0.4, 0.5) is 5.69 Å². The van der Waals surface area contributed by atoms with Gasteiger partial charge in [0.05, 0.1) is 28.0 Å². The third-order valence-corrected chi connectivity index (χ3v) is 10.2. The Morgan fingerprint density at radius 2 is 1.06 bits per heavy atom. The zero-order valence-electron chi connectivity index (χ0n) is 30.6. The van der Waals surface area contributed by atoms with Crippen LogP contribution in [-0.2, 0) is 0 Å². The van der Waals surface area contributed by atoms with Crippen LogP contribution in [0.1, 0.15) is 43.0 Å². The minimum atomic E-state index is -0.264. The highest BCUT2D eigenvalue weighted by Crippen LogP contribution is 2.40. The molecular formula is C49H40N2O2. The Kier molecular flexibility index (Phi) is 8.60. The highest BCUT2D eigenvalue weighted by atomic mass is 16.2. The number of aryl methyl sites for hydroxylation is 4. The van der Waals surface area contributed by atoms with Crippen LogP contribution in [-0.4, -0.2) is 23.8 Å². The Hall–Kier alpha value is -6.52. The van der Waals surface area contributed by atoms with Crippen molar-refractivity contribution in [2.45, 2.75) is 27.7 Å². The van der Waals surface area contributed by atoms with Gasteiger partial charge in [-0.25, -0.2) is 0 Å². The molecule has 0 radical (unpaired) electrons. The molecule has 1 aromatic heterocycles. The van der Waals surface area contributed by atoms with Gasteiger partial charge in [-0.3, -0.25) is 9.59 Å². The largest absolute Gasteiger partial charge is 0.311 e. The number of hydrogen-bond donors (Lipinski definition) is 0. The van der Waals surface area contributed by atoms with Crippen molar-refractivity contribution < 1.29 is 9.59 Å². The van der Waals surface area contributed by atoms with Gasteiger partial charge in [0.2, 0.25) is 0 Å². The number of aromatic nitrogens is 1. The van der Waals surface area contributed by atoms with Crippen LogP contribution in [0.5, 0.6) is 0 Å². The molecule has 0 aliphatic carbocycles. The molecule has 1 heterocycles. The zero-order valence-corrected chi connectivity index (χ0v) is 30.6. The maximum absolute atomic E-state index is 14.9. The fraction of sp³-hybridized carbons (Fsp3) is 0.102. The molecular weight excluding hydrogens is 649 g/mol. The lowest BCUT2D eigenvalue weighted by molar-refractivity contribution is 0.0986. The zero-order chi connectivity index (χ0) is 36.8. The summed E-state index contributed by atoms with van der Waals surface area (Å²) in [4.78, 5) is 29.3. The first kappa shape index (κ1) is 33.6. The molecule has 0 aliphatic rings. The summed E-state index contributed by atoms with van der Waals surface area (Å²) in [6, 6.07) is 49.9. The van der Waals surface area contributed by atoms with Gasteiger partial charge in [0.15, 0.2) is 6.29 Å². The number of aldehydes is 1. The molecule has 258 valence electrons. The monoisotopic (exact) mass is 688 g/mol. The summed E-state index contributed by atoms with van der Waals surface area (Å²) in [5.74, 6) is -0.264. The van der Waals surface area contributed by atoms with Gasteiger partial charge < -0.3 is 9.47 Å². The first-order valence-electron chi connectivity index (χ1n) is 18.0. The highest BCUT2D eigenvalue weighted by molar-refractivity contribution is 6.16. The molecule has 8 rings (SSSR count). The summed E-state index contributed by atoms with van der Waals surface area (Å²) >= 11 is 0. The third-order valence-electron chi connectivity index (χ3n) is 10.2. The number of carbonyl (C=O) groups excluding carboxylic acids is 2. The Morgan fingerprint density at radius 3 is 1.60 bits per heavy atom. The second-order valence-corrected chi connectivity index (χ2v) is 14.2. The molecule has 4 nitrogen and oxygen atoms in total. The second-order valence-electron chi connectivity index (χ2n) is 14.2. The molecule has 0 aliphatic heterocycles. The number of carbonyl (C=O) groups is 2. The molecule has 0 saturated carbocycles. The van der Waals surface area contributed by atoms with E-state index in [9.17, 15) is 9.59 Å². The van der Waals surface area contributed by atoms with E-state index in [0.29, 0.717) is 16.8 Å². The Balaban J connectivity index is 1.37. The van der Waals surface area contributed by atoms with Crippen LogP contribution in [0.25, 0.3) is 60.9 Å². The standard InChI is InChI=1S/C49H40N2O2/c1-31-22-32(2)25-39(24-31)36-18-20-45-42(28-36)43-29-37(40-26-33(3)23-34(4)27-40)19-21-46(43)51(45)47-17-11-14-38(30-52)48(47)49(53)50(5)44-16-10-9-15-41(44)35-12-7-6-8-13-35/h6-30H,1-5H3. The molecule has 0 N–H and O–H groups in total. The van der Waals surface area contributed by atoms with E-state index in [1.54, 1.807) is 18.0 Å². The number of benzene rings is 7. The molecule has 0 saturated heterocycles. The van der Waals surface area contributed by atoms with Gasteiger partial charge in [-0.15, -0.1) is 0 Å². The molecule has 8 aromatic rings. The summed E-state index contributed by atoms with van der Waals surface area (Å²) in [5.41, 5.74) is 15.4. The number of fused-ring (bicyclic) bond motifs is 3. The number of rotatable bonds is 7. The number of nitrogens with zero attached hydrogens (tertiary/aromatic N) is 2. The molecule has 0 bridgehead atoms. The molecule has 7 aromatic carbocycles. The fourth-order valence-electron chi connectivity index (χ4n) is 7.90. The van der Waals surface area contributed by atoms with E-state index < -0.39 is 0 Å². The predicted molar refractivity (Wildman–Crippen MR) is 221 cm³/mol. The summed E-state index contributed by atoms with van der Waals surface area (Å²) < 4.78 is 2.15. The Morgan fingerprint density at radius 1 is 0.528 bits per heavy atom. The van der Waals surface area contributed by atoms with Crippen molar-refractivity contribution in [2.75, 3.05) is 11.9 Å². The van der Waals surface area contributed by atoms with E-state index in [0.717, 1.165) is 67.2 Å². The van der Waals surface area contributed by atoms with Crippen LogP contribution in [0.2, 0.25) is 0 Å². The van der Waals surface area contributed by atoms with Crippen LogP contribution in [0.15, 0.2) is 146 Å². The summed E-state index contributed by atoms with van der Waals surface area (Å²) in [6.45, 7) is 8.52. The molecule has 1 amide bonds. The van der Waals surface area contributed by atoms with Crippen molar-refractivity contribution in [1.82, 2.24) is 4.57 Å². The van der Waals surface area contributed by atoms with Gasteiger partial charge in [-0.1, -0.05) is 131 Å². The molecule has 53 heavy (non-hydrogen) atoms. The van der Waals surface area contributed by atoms with Crippen molar-refractivity contribution >= 4 is 39.7 Å². The third kappa shape index (κ3) is 6.13. The van der Waals surface area contributed by atoms with Gasteiger partial charge in [-0.05, 0) is 91.9 Å². The topological polar surface area (TPSA) is 42.3 Å². The van der Waals surface area contributed by atoms with E-state index in [1.807, 2.05) is 66.7 Å². The SMILES string of the molecule is Cc1cc(C)cc(-c2ccc3c(c2)c2cc(-c4cc(C)cc(C)c4)ccc2n3-c2cccc(C=O)c2C(=O)N(C)c2ccccc2-c2ccccc2)c1. The van der Waals surface area contributed by atoms with Crippen molar-refractivity contribution in [1.29, 1.82) is 0 Å². The van der Waals surface area contributed by atoms with E-state index in [2.05, 4.69) is 105 Å². The molecule has 0 unspecified atom stereocenters. The van der Waals surface area contributed by atoms with E-state index in [-0.39, 0.29) is 5.91 Å². The number of hydrogen-bond acceptors (Lipinski definition) is 2. The van der Waals surface area contributed by atoms with Crippen LogP contribution < -0.4 is 4.90 Å². The van der Waals surface area contributed by atoms with Crippen molar-refractivity contribution in [3.8, 4) is 39.1 Å². The average Bonchev–Trinajstić information content (AvgIpc) is 3.49. The summed E-state index contributed by atoms with van der Waals surface area (Å²) in [5, 5.41) is 2.14. The predicted octanol–water partition coefficient (Wildman–Crippen LogP) is 12.1. The quantitative estimate of drug-likeness (QED) is 0.156. The van der Waals surface area contributed by atoms with E-state index in [4.69, 9.17) is 0 Å². The lowest BCUT2D eigenvalue weighted by Gasteiger charge is -2.24. The number of para-hydroxylation sites is 1. The van der Waals surface area contributed by atoms with Crippen LogP contribution in [0, 0.1) is 27.7 Å². The second kappa shape index (κ2) is 13.6. The normalized spacial score (nSPS) is 11.3.